The van der Waals surface area contributed by atoms with Gasteiger partial charge in [0.1, 0.15) is 11.6 Å². The van der Waals surface area contributed by atoms with Gasteiger partial charge in [-0.3, -0.25) is 9.47 Å². The summed E-state index contributed by atoms with van der Waals surface area (Å²) < 4.78 is 38.9. The van der Waals surface area contributed by atoms with Crippen LogP contribution in [0.3, 0.4) is 0 Å². The summed E-state index contributed by atoms with van der Waals surface area (Å²) in [6.07, 6.45) is 2.61. The number of nitrogens with zero attached hydrogens (tertiary/aromatic N) is 3. The minimum Gasteiger partial charge on any atom is -0.295 e. The number of hydrogen-bond donors (Lipinski definition) is 0. The molecule has 0 aliphatic rings. The van der Waals surface area contributed by atoms with Gasteiger partial charge in [-0.15, -0.1) is 0 Å². The van der Waals surface area contributed by atoms with Crippen LogP contribution in [0.4, 0.5) is 13.2 Å². The van der Waals surface area contributed by atoms with Gasteiger partial charge in [-0.25, -0.2) is 9.37 Å². The predicted molar refractivity (Wildman–Crippen MR) is 65.1 cm³/mol. The van der Waals surface area contributed by atoms with Gasteiger partial charge in [-0.1, -0.05) is 12.1 Å². The highest BCUT2D eigenvalue weighted by molar-refractivity contribution is 5.15. The van der Waals surface area contributed by atoms with E-state index in [1.165, 1.54) is 24.5 Å². The molecule has 1 aromatic heterocycles. The Morgan fingerprint density at radius 3 is 2.53 bits per heavy atom. The summed E-state index contributed by atoms with van der Waals surface area (Å²) in [5.41, 5.74) is 0.916. The fourth-order valence-corrected chi connectivity index (χ4v) is 1.84. The fourth-order valence-electron chi connectivity index (χ4n) is 1.84. The van der Waals surface area contributed by atoms with Crippen molar-refractivity contribution >= 4 is 0 Å². The maximum absolute atomic E-state index is 12.8. The van der Waals surface area contributed by atoms with Gasteiger partial charge in [0.05, 0.1) is 6.54 Å². The summed E-state index contributed by atoms with van der Waals surface area (Å²) in [7, 11) is 1.80. The van der Waals surface area contributed by atoms with Crippen LogP contribution in [0.15, 0.2) is 36.7 Å². The molecule has 0 aliphatic carbocycles. The molecule has 0 atom stereocenters. The minimum atomic E-state index is -2.59. The molecule has 0 fully saturated rings. The monoisotopic (exact) mass is 269 g/mol. The van der Waals surface area contributed by atoms with E-state index in [0.717, 1.165) is 10.1 Å². The molecule has 0 saturated heterocycles. The molecule has 0 bridgehead atoms. The SMILES string of the molecule is CN(Cc1ccc(F)cc1)Cc1nccn1C(F)F. The summed E-state index contributed by atoms with van der Waals surface area (Å²) in [5, 5.41) is 0. The van der Waals surface area contributed by atoms with E-state index < -0.39 is 6.55 Å². The summed E-state index contributed by atoms with van der Waals surface area (Å²) >= 11 is 0. The van der Waals surface area contributed by atoms with Gasteiger partial charge < -0.3 is 0 Å². The van der Waals surface area contributed by atoms with E-state index in [0.29, 0.717) is 18.9 Å². The molecule has 2 aromatic rings. The highest BCUT2D eigenvalue weighted by Gasteiger charge is 2.13. The largest absolute Gasteiger partial charge is 0.319 e. The molecule has 1 aromatic carbocycles. The molecule has 102 valence electrons. The number of imidazole rings is 1. The van der Waals surface area contributed by atoms with Crippen molar-refractivity contribution in [3.05, 3.63) is 53.9 Å². The average Bonchev–Trinajstić information content (AvgIpc) is 2.80. The van der Waals surface area contributed by atoms with Crippen molar-refractivity contribution in [3.8, 4) is 0 Å². The lowest BCUT2D eigenvalue weighted by Crippen LogP contribution is -2.20. The van der Waals surface area contributed by atoms with Crippen molar-refractivity contribution < 1.29 is 13.2 Å². The van der Waals surface area contributed by atoms with E-state index >= 15 is 0 Å². The molecule has 0 unspecified atom stereocenters. The number of halogens is 3. The van der Waals surface area contributed by atoms with Gasteiger partial charge in [0.2, 0.25) is 0 Å². The Bertz CT molecular complexity index is 522. The molecule has 6 heteroatoms. The first kappa shape index (κ1) is 13.6. The molecular formula is C13H14F3N3. The van der Waals surface area contributed by atoms with E-state index in [1.807, 2.05) is 4.90 Å². The summed E-state index contributed by atoms with van der Waals surface area (Å²) in [4.78, 5) is 5.76. The van der Waals surface area contributed by atoms with Gasteiger partial charge >= 0.3 is 6.55 Å². The molecule has 3 nitrogen and oxygen atoms in total. The highest BCUT2D eigenvalue weighted by atomic mass is 19.3. The van der Waals surface area contributed by atoms with Gasteiger partial charge in [-0.2, -0.15) is 8.78 Å². The zero-order valence-electron chi connectivity index (χ0n) is 10.4. The van der Waals surface area contributed by atoms with Crippen molar-refractivity contribution in [2.45, 2.75) is 19.6 Å². The maximum atomic E-state index is 12.8. The third kappa shape index (κ3) is 3.57. The molecule has 0 amide bonds. The number of hydrogen-bond acceptors (Lipinski definition) is 2. The quantitative estimate of drug-likeness (QED) is 0.831. The van der Waals surface area contributed by atoms with Gasteiger partial charge in [0.15, 0.2) is 0 Å². The first-order chi connectivity index (χ1) is 9.06. The molecule has 0 saturated carbocycles. The van der Waals surface area contributed by atoms with E-state index in [2.05, 4.69) is 4.98 Å². The normalized spacial score (nSPS) is 11.5. The van der Waals surface area contributed by atoms with Crippen LogP contribution in [-0.2, 0) is 13.1 Å². The topological polar surface area (TPSA) is 21.1 Å². The van der Waals surface area contributed by atoms with Crippen LogP contribution in [0.1, 0.15) is 17.9 Å². The van der Waals surface area contributed by atoms with Gasteiger partial charge in [0.25, 0.3) is 0 Å². The summed E-state index contributed by atoms with van der Waals surface area (Å²) in [6.45, 7) is -1.75. The van der Waals surface area contributed by atoms with Crippen LogP contribution >= 0.6 is 0 Å². The van der Waals surface area contributed by atoms with Crippen molar-refractivity contribution in [1.82, 2.24) is 14.5 Å². The minimum absolute atomic E-state index is 0.292. The standard InChI is InChI=1S/C13H14F3N3/c1-18(8-10-2-4-11(14)5-3-10)9-12-17-6-7-19(12)13(15)16/h2-7,13H,8-9H2,1H3. The molecule has 0 radical (unpaired) electrons. The highest BCUT2D eigenvalue weighted by Crippen LogP contribution is 2.14. The van der Waals surface area contributed by atoms with Gasteiger partial charge in [0, 0.05) is 18.9 Å². The van der Waals surface area contributed by atoms with E-state index in [4.69, 9.17) is 0 Å². The summed E-state index contributed by atoms with van der Waals surface area (Å²) in [6, 6.07) is 6.10. The van der Waals surface area contributed by atoms with Crippen LogP contribution < -0.4 is 0 Å². The lowest BCUT2D eigenvalue weighted by molar-refractivity contribution is 0.0644. The molecule has 19 heavy (non-hydrogen) atoms. The Labute approximate surface area is 109 Å². The second kappa shape index (κ2) is 5.88. The van der Waals surface area contributed by atoms with Crippen LogP contribution in [0, 0.1) is 5.82 Å². The van der Waals surface area contributed by atoms with E-state index in [-0.39, 0.29) is 5.82 Å². The van der Waals surface area contributed by atoms with E-state index in [1.54, 1.807) is 19.2 Å². The number of alkyl halides is 2. The van der Waals surface area contributed by atoms with Crippen LogP contribution in [0.5, 0.6) is 0 Å². The maximum Gasteiger partial charge on any atom is 0.319 e. The Morgan fingerprint density at radius 2 is 1.89 bits per heavy atom. The second-order valence-corrected chi connectivity index (χ2v) is 4.33. The van der Waals surface area contributed by atoms with Crippen LogP contribution in [0.25, 0.3) is 0 Å². The lowest BCUT2D eigenvalue weighted by Gasteiger charge is -2.17. The molecule has 0 N–H and O–H groups in total. The zero-order chi connectivity index (χ0) is 13.8. The molecular weight excluding hydrogens is 255 g/mol. The van der Waals surface area contributed by atoms with Crippen LogP contribution in [0.2, 0.25) is 0 Å². The predicted octanol–water partition coefficient (Wildman–Crippen LogP) is 3.05. The Kier molecular flexibility index (Phi) is 4.21. The van der Waals surface area contributed by atoms with Crippen molar-refractivity contribution in [3.63, 3.8) is 0 Å². The van der Waals surface area contributed by atoms with Gasteiger partial charge in [-0.05, 0) is 24.7 Å². The number of rotatable bonds is 5. The first-order valence-electron chi connectivity index (χ1n) is 5.79. The fraction of sp³-hybridized carbons (Fsp3) is 0.308. The summed E-state index contributed by atoms with van der Waals surface area (Å²) in [5.74, 6) is 0.0132. The van der Waals surface area contributed by atoms with Crippen LogP contribution in [-0.4, -0.2) is 21.5 Å². The smallest absolute Gasteiger partial charge is 0.295 e. The zero-order valence-corrected chi connectivity index (χ0v) is 10.4. The third-order valence-corrected chi connectivity index (χ3v) is 2.74. The molecule has 2 rings (SSSR count). The number of benzene rings is 1. The Morgan fingerprint density at radius 1 is 1.21 bits per heavy atom. The van der Waals surface area contributed by atoms with Crippen molar-refractivity contribution in [1.29, 1.82) is 0 Å². The average molecular weight is 269 g/mol. The van der Waals surface area contributed by atoms with E-state index in [9.17, 15) is 13.2 Å². The Balaban J connectivity index is 1.99. The van der Waals surface area contributed by atoms with Crippen molar-refractivity contribution in [2.24, 2.45) is 0 Å². The molecule has 1 heterocycles. The third-order valence-electron chi connectivity index (χ3n) is 2.74. The molecule has 0 spiro atoms. The second-order valence-electron chi connectivity index (χ2n) is 4.33. The number of aromatic nitrogens is 2. The first-order valence-corrected chi connectivity index (χ1v) is 5.79. The lowest BCUT2D eigenvalue weighted by atomic mass is 10.2. The molecule has 0 aliphatic heterocycles. The van der Waals surface area contributed by atoms with Crippen molar-refractivity contribution in [2.75, 3.05) is 7.05 Å². The Hall–Kier alpha value is -1.82.